The van der Waals surface area contributed by atoms with Gasteiger partial charge in [0.2, 0.25) is 0 Å². The smallest absolute Gasteiger partial charge is 0.306 e. The third-order valence-electron chi connectivity index (χ3n) is 4.09. The SMILES string of the molecule is CN(CCCC(=O)OC(C)(C)C)C(=O)c1cccn(Cc2ccccc2)c1=O. The first-order valence-electron chi connectivity index (χ1n) is 9.38. The number of rotatable bonds is 7. The van der Waals surface area contributed by atoms with E-state index in [2.05, 4.69) is 0 Å². The molecule has 1 heterocycles. The van der Waals surface area contributed by atoms with Gasteiger partial charge in [0, 0.05) is 26.2 Å². The zero-order valence-corrected chi connectivity index (χ0v) is 17.0. The highest BCUT2D eigenvalue weighted by molar-refractivity contribution is 5.93. The monoisotopic (exact) mass is 384 g/mol. The van der Waals surface area contributed by atoms with Crippen LogP contribution in [0.4, 0.5) is 0 Å². The van der Waals surface area contributed by atoms with Gasteiger partial charge in [0.25, 0.3) is 11.5 Å². The predicted octanol–water partition coefficient (Wildman–Crippen LogP) is 3.09. The molecule has 6 nitrogen and oxygen atoms in total. The van der Waals surface area contributed by atoms with E-state index >= 15 is 0 Å². The number of pyridine rings is 1. The van der Waals surface area contributed by atoms with Gasteiger partial charge in [0.05, 0.1) is 6.54 Å². The lowest BCUT2D eigenvalue weighted by Crippen LogP contribution is -2.35. The van der Waals surface area contributed by atoms with Crippen LogP contribution < -0.4 is 5.56 Å². The molecule has 6 heteroatoms. The van der Waals surface area contributed by atoms with Crippen LogP contribution in [0.5, 0.6) is 0 Å². The van der Waals surface area contributed by atoms with Gasteiger partial charge >= 0.3 is 5.97 Å². The van der Waals surface area contributed by atoms with Gasteiger partial charge in [-0.3, -0.25) is 14.4 Å². The topological polar surface area (TPSA) is 68.6 Å². The van der Waals surface area contributed by atoms with Crippen molar-refractivity contribution >= 4 is 11.9 Å². The molecule has 0 saturated heterocycles. The third kappa shape index (κ3) is 6.37. The summed E-state index contributed by atoms with van der Waals surface area (Å²) in [7, 11) is 1.63. The van der Waals surface area contributed by atoms with Crippen LogP contribution in [0.3, 0.4) is 0 Å². The number of carbonyl (C=O) groups excluding carboxylic acids is 2. The fraction of sp³-hybridized carbons (Fsp3) is 0.409. The Hall–Kier alpha value is -2.89. The van der Waals surface area contributed by atoms with E-state index in [0.29, 0.717) is 19.5 Å². The lowest BCUT2D eigenvalue weighted by molar-refractivity contribution is -0.154. The second kappa shape index (κ2) is 9.35. The lowest BCUT2D eigenvalue weighted by atomic mass is 10.2. The van der Waals surface area contributed by atoms with E-state index in [0.717, 1.165) is 5.56 Å². The van der Waals surface area contributed by atoms with Crippen molar-refractivity contribution in [2.45, 2.75) is 45.8 Å². The molecule has 2 rings (SSSR count). The van der Waals surface area contributed by atoms with Crippen LogP contribution in [0.2, 0.25) is 0 Å². The summed E-state index contributed by atoms with van der Waals surface area (Å²) in [6.07, 6.45) is 2.37. The summed E-state index contributed by atoms with van der Waals surface area (Å²) < 4.78 is 6.79. The van der Waals surface area contributed by atoms with E-state index in [1.807, 2.05) is 51.1 Å². The second-order valence-electron chi connectivity index (χ2n) is 7.76. The maximum absolute atomic E-state index is 12.7. The molecular formula is C22H28N2O4. The van der Waals surface area contributed by atoms with E-state index in [1.54, 1.807) is 19.3 Å². The zero-order valence-electron chi connectivity index (χ0n) is 17.0. The quantitative estimate of drug-likeness (QED) is 0.688. The van der Waals surface area contributed by atoms with Crippen molar-refractivity contribution < 1.29 is 14.3 Å². The van der Waals surface area contributed by atoms with Crippen LogP contribution in [0.1, 0.15) is 49.5 Å². The largest absolute Gasteiger partial charge is 0.460 e. The molecule has 0 bridgehead atoms. The fourth-order valence-electron chi connectivity index (χ4n) is 2.76. The van der Waals surface area contributed by atoms with Crippen molar-refractivity contribution in [2.75, 3.05) is 13.6 Å². The van der Waals surface area contributed by atoms with Gasteiger partial charge < -0.3 is 14.2 Å². The van der Waals surface area contributed by atoms with Crippen LogP contribution in [0, 0.1) is 0 Å². The Balaban J connectivity index is 1.98. The molecule has 0 aliphatic rings. The maximum atomic E-state index is 12.7. The summed E-state index contributed by atoms with van der Waals surface area (Å²) in [6, 6.07) is 12.8. The number of amides is 1. The van der Waals surface area contributed by atoms with Crippen molar-refractivity contribution in [3.63, 3.8) is 0 Å². The average molecular weight is 384 g/mol. The first-order valence-corrected chi connectivity index (χ1v) is 9.38. The van der Waals surface area contributed by atoms with Crippen LogP contribution in [-0.2, 0) is 16.1 Å². The molecule has 0 atom stereocenters. The summed E-state index contributed by atoms with van der Waals surface area (Å²) in [4.78, 5) is 38.6. The van der Waals surface area contributed by atoms with Gasteiger partial charge in [-0.15, -0.1) is 0 Å². The molecule has 2 aromatic rings. The van der Waals surface area contributed by atoms with Crippen molar-refractivity contribution in [1.29, 1.82) is 0 Å². The summed E-state index contributed by atoms with van der Waals surface area (Å²) >= 11 is 0. The molecule has 28 heavy (non-hydrogen) atoms. The minimum absolute atomic E-state index is 0.123. The molecule has 1 aromatic heterocycles. The van der Waals surface area contributed by atoms with E-state index in [4.69, 9.17) is 4.74 Å². The highest BCUT2D eigenvalue weighted by atomic mass is 16.6. The third-order valence-corrected chi connectivity index (χ3v) is 4.09. The van der Waals surface area contributed by atoms with Gasteiger partial charge in [-0.1, -0.05) is 30.3 Å². The first kappa shape index (κ1) is 21.4. The number of aromatic nitrogens is 1. The fourth-order valence-corrected chi connectivity index (χ4v) is 2.76. The Morgan fingerprint density at radius 2 is 1.75 bits per heavy atom. The van der Waals surface area contributed by atoms with E-state index < -0.39 is 5.60 Å². The number of hydrogen-bond acceptors (Lipinski definition) is 4. The Bertz CT molecular complexity index is 866. The summed E-state index contributed by atoms with van der Waals surface area (Å²) in [6.45, 7) is 6.22. The molecular weight excluding hydrogens is 356 g/mol. The Kier molecular flexibility index (Phi) is 7.15. The minimum Gasteiger partial charge on any atom is -0.460 e. The number of ether oxygens (including phenoxy) is 1. The lowest BCUT2D eigenvalue weighted by Gasteiger charge is -2.20. The number of hydrogen-bond donors (Lipinski definition) is 0. The van der Waals surface area contributed by atoms with Crippen molar-refractivity contribution in [1.82, 2.24) is 9.47 Å². The maximum Gasteiger partial charge on any atom is 0.306 e. The summed E-state index contributed by atoms with van der Waals surface area (Å²) in [5, 5.41) is 0. The van der Waals surface area contributed by atoms with Crippen molar-refractivity contribution in [3.05, 3.63) is 70.1 Å². The van der Waals surface area contributed by atoms with E-state index in [1.165, 1.54) is 15.5 Å². The molecule has 0 fully saturated rings. The van der Waals surface area contributed by atoms with Gasteiger partial charge in [0.15, 0.2) is 0 Å². The van der Waals surface area contributed by atoms with Crippen LogP contribution >= 0.6 is 0 Å². The molecule has 0 saturated carbocycles. The Morgan fingerprint density at radius 3 is 2.39 bits per heavy atom. The summed E-state index contributed by atoms with van der Waals surface area (Å²) in [5.74, 6) is -0.644. The van der Waals surface area contributed by atoms with Gasteiger partial charge in [0.1, 0.15) is 11.2 Å². The highest BCUT2D eigenvalue weighted by Crippen LogP contribution is 2.10. The molecule has 0 aliphatic heterocycles. The number of benzene rings is 1. The molecule has 0 N–H and O–H groups in total. The first-order chi connectivity index (χ1) is 13.2. The van der Waals surface area contributed by atoms with Gasteiger partial charge in [-0.2, -0.15) is 0 Å². The van der Waals surface area contributed by atoms with Gasteiger partial charge in [-0.05, 0) is 44.9 Å². The van der Waals surface area contributed by atoms with E-state index in [-0.39, 0.29) is 29.4 Å². The molecule has 0 radical (unpaired) electrons. The number of nitrogens with zero attached hydrogens (tertiary/aromatic N) is 2. The normalized spacial score (nSPS) is 11.1. The van der Waals surface area contributed by atoms with E-state index in [9.17, 15) is 14.4 Å². The van der Waals surface area contributed by atoms with Crippen molar-refractivity contribution in [2.24, 2.45) is 0 Å². The zero-order chi connectivity index (χ0) is 20.7. The van der Waals surface area contributed by atoms with Crippen LogP contribution in [-0.4, -0.2) is 40.5 Å². The number of esters is 1. The molecule has 1 amide bonds. The number of carbonyl (C=O) groups is 2. The Morgan fingerprint density at radius 1 is 1.07 bits per heavy atom. The standard InChI is InChI=1S/C22H28N2O4/c1-22(2,3)28-19(25)13-9-14-23(4)20(26)18-12-8-15-24(21(18)27)16-17-10-6-5-7-11-17/h5-8,10-12,15H,9,13-14,16H2,1-4H3. The molecule has 0 spiro atoms. The molecule has 0 aliphatic carbocycles. The van der Waals surface area contributed by atoms with Crippen LogP contribution in [0.15, 0.2) is 53.5 Å². The minimum atomic E-state index is -0.521. The predicted molar refractivity (Wildman–Crippen MR) is 108 cm³/mol. The second-order valence-corrected chi connectivity index (χ2v) is 7.76. The highest BCUT2D eigenvalue weighted by Gasteiger charge is 2.19. The van der Waals surface area contributed by atoms with Crippen molar-refractivity contribution in [3.8, 4) is 0 Å². The molecule has 0 unspecified atom stereocenters. The summed E-state index contributed by atoms with van der Waals surface area (Å²) in [5.41, 5.74) is 0.264. The van der Waals surface area contributed by atoms with Gasteiger partial charge in [-0.25, -0.2) is 0 Å². The van der Waals surface area contributed by atoms with Crippen LogP contribution in [0.25, 0.3) is 0 Å². The Labute approximate surface area is 165 Å². The average Bonchev–Trinajstić information content (AvgIpc) is 2.62. The molecule has 150 valence electrons. The molecule has 1 aromatic carbocycles.